The maximum absolute atomic E-state index is 13.5. The summed E-state index contributed by atoms with van der Waals surface area (Å²) in [5, 5.41) is 0.396. The molecule has 1 aromatic carbocycles. The average molecular weight is 216 g/mol. The number of nitrogens with two attached hydrogens (primary N) is 1. The second-order valence-corrected chi connectivity index (χ2v) is 4.95. The fourth-order valence-corrected chi connectivity index (χ4v) is 1.38. The smallest absolute Gasteiger partial charge is 0.129 e. The van der Waals surface area contributed by atoms with Gasteiger partial charge in [-0.05, 0) is 17.5 Å². The van der Waals surface area contributed by atoms with Gasteiger partial charge in [0.1, 0.15) is 5.82 Å². The Kier molecular flexibility index (Phi) is 3.17. The largest absolute Gasteiger partial charge is 0.323 e. The third-order valence-electron chi connectivity index (χ3n) is 2.23. The van der Waals surface area contributed by atoms with Gasteiger partial charge < -0.3 is 5.73 Å². The van der Waals surface area contributed by atoms with Crippen LogP contribution in [0.3, 0.4) is 0 Å². The van der Waals surface area contributed by atoms with Gasteiger partial charge in [0.2, 0.25) is 0 Å². The Morgan fingerprint density at radius 3 is 2.36 bits per heavy atom. The van der Waals surface area contributed by atoms with Crippen molar-refractivity contribution in [2.75, 3.05) is 0 Å². The molecule has 0 fully saturated rings. The van der Waals surface area contributed by atoms with Crippen molar-refractivity contribution in [3.05, 3.63) is 34.6 Å². The monoisotopic (exact) mass is 215 g/mol. The molecule has 0 aliphatic rings. The van der Waals surface area contributed by atoms with Gasteiger partial charge in [-0.2, -0.15) is 0 Å². The lowest BCUT2D eigenvalue weighted by Gasteiger charge is -2.27. The minimum Gasteiger partial charge on any atom is -0.323 e. The minimum absolute atomic E-state index is 0.158. The van der Waals surface area contributed by atoms with Gasteiger partial charge in [-0.25, -0.2) is 4.39 Å². The third-order valence-corrected chi connectivity index (χ3v) is 2.47. The topological polar surface area (TPSA) is 26.0 Å². The fraction of sp³-hybridized carbons (Fsp3) is 0.455. The van der Waals surface area contributed by atoms with Crippen LogP contribution in [0.1, 0.15) is 32.4 Å². The van der Waals surface area contributed by atoms with Crippen LogP contribution in [-0.4, -0.2) is 0 Å². The van der Waals surface area contributed by atoms with Gasteiger partial charge in [-0.15, -0.1) is 0 Å². The number of hydrogen-bond acceptors (Lipinski definition) is 1. The first-order valence-corrected chi connectivity index (χ1v) is 4.90. The molecule has 1 nitrogen and oxygen atoms in total. The number of hydrogen-bond donors (Lipinski definition) is 1. The first kappa shape index (κ1) is 11.5. The first-order chi connectivity index (χ1) is 6.32. The van der Waals surface area contributed by atoms with E-state index in [0.717, 1.165) is 0 Å². The summed E-state index contributed by atoms with van der Waals surface area (Å²) in [6.07, 6.45) is 0. The zero-order chi connectivity index (χ0) is 10.9. The summed E-state index contributed by atoms with van der Waals surface area (Å²) in [6, 6.07) is 4.28. The van der Waals surface area contributed by atoms with Crippen LogP contribution in [0.25, 0.3) is 0 Å². The van der Waals surface area contributed by atoms with Crippen LogP contribution in [-0.2, 0) is 0 Å². The normalized spacial score (nSPS) is 14.1. The summed E-state index contributed by atoms with van der Waals surface area (Å²) in [6.45, 7) is 5.93. The fourth-order valence-electron chi connectivity index (χ4n) is 1.22. The Balaban J connectivity index is 3.08. The molecular formula is C11H15ClFN. The van der Waals surface area contributed by atoms with Crippen LogP contribution in [0.15, 0.2) is 18.2 Å². The van der Waals surface area contributed by atoms with Crippen LogP contribution in [0.5, 0.6) is 0 Å². The predicted molar refractivity (Wildman–Crippen MR) is 57.8 cm³/mol. The molecule has 1 unspecified atom stereocenters. The second-order valence-electron chi connectivity index (χ2n) is 4.51. The van der Waals surface area contributed by atoms with Crippen molar-refractivity contribution in [3.8, 4) is 0 Å². The van der Waals surface area contributed by atoms with E-state index in [9.17, 15) is 4.39 Å². The molecule has 1 atom stereocenters. The van der Waals surface area contributed by atoms with Gasteiger partial charge in [0.25, 0.3) is 0 Å². The van der Waals surface area contributed by atoms with Crippen LogP contribution in [0.4, 0.5) is 4.39 Å². The Hall–Kier alpha value is -0.600. The van der Waals surface area contributed by atoms with Crippen molar-refractivity contribution in [2.24, 2.45) is 11.1 Å². The summed E-state index contributed by atoms with van der Waals surface area (Å²) in [4.78, 5) is 0. The zero-order valence-electron chi connectivity index (χ0n) is 8.64. The summed E-state index contributed by atoms with van der Waals surface area (Å²) in [5.74, 6) is -0.333. The molecule has 0 aliphatic heterocycles. The van der Waals surface area contributed by atoms with E-state index < -0.39 is 0 Å². The van der Waals surface area contributed by atoms with Gasteiger partial charge >= 0.3 is 0 Å². The van der Waals surface area contributed by atoms with Gasteiger partial charge in [-0.1, -0.05) is 38.4 Å². The maximum Gasteiger partial charge on any atom is 0.129 e. The quantitative estimate of drug-likeness (QED) is 0.762. The first-order valence-electron chi connectivity index (χ1n) is 4.53. The van der Waals surface area contributed by atoms with Gasteiger partial charge in [0.15, 0.2) is 0 Å². The van der Waals surface area contributed by atoms with Crippen LogP contribution in [0.2, 0.25) is 5.02 Å². The maximum atomic E-state index is 13.5. The summed E-state index contributed by atoms with van der Waals surface area (Å²) >= 11 is 5.66. The average Bonchev–Trinajstić information content (AvgIpc) is 2.01. The van der Waals surface area contributed by atoms with Gasteiger partial charge in [0, 0.05) is 16.6 Å². The zero-order valence-corrected chi connectivity index (χ0v) is 9.40. The van der Waals surface area contributed by atoms with Crippen LogP contribution >= 0.6 is 11.6 Å². The van der Waals surface area contributed by atoms with E-state index in [4.69, 9.17) is 17.3 Å². The van der Waals surface area contributed by atoms with Crippen LogP contribution in [0, 0.1) is 11.2 Å². The molecular weight excluding hydrogens is 201 g/mol. The molecule has 0 saturated carbocycles. The molecule has 0 saturated heterocycles. The number of halogens is 2. The molecule has 3 heteroatoms. The van der Waals surface area contributed by atoms with E-state index in [-0.39, 0.29) is 17.3 Å². The predicted octanol–water partition coefficient (Wildman–Crippen LogP) is 3.53. The number of rotatable bonds is 1. The van der Waals surface area contributed by atoms with Crippen molar-refractivity contribution < 1.29 is 4.39 Å². The van der Waals surface area contributed by atoms with E-state index in [1.807, 2.05) is 20.8 Å². The SMILES string of the molecule is CC(C)(C)C(N)c1ccc(Cl)cc1F. The third kappa shape index (κ3) is 2.46. The number of benzene rings is 1. The highest BCUT2D eigenvalue weighted by Gasteiger charge is 2.24. The second kappa shape index (κ2) is 3.87. The molecule has 2 N–H and O–H groups in total. The van der Waals surface area contributed by atoms with Crippen molar-refractivity contribution in [1.29, 1.82) is 0 Å². The van der Waals surface area contributed by atoms with E-state index in [0.29, 0.717) is 10.6 Å². The van der Waals surface area contributed by atoms with Gasteiger partial charge in [-0.3, -0.25) is 0 Å². The van der Waals surface area contributed by atoms with Crippen LogP contribution < -0.4 is 5.73 Å². The highest BCUT2D eigenvalue weighted by atomic mass is 35.5. The standard InChI is InChI=1S/C11H15ClFN/c1-11(2,3)10(14)8-5-4-7(12)6-9(8)13/h4-6,10H,14H2,1-3H3. The molecule has 1 rings (SSSR count). The molecule has 14 heavy (non-hydrogen) atoms. The summed E-state index contributed by atoms with van der Waals surface area (Å²) in [5.41, 5.74) is 6.30. The van der Waals surface area contributed by atoms with E-state index in [1.165, 1.54) is 6.07 Å². The Labute approximate surface area is 89.1 Å². The lowest BCUT2D eigenvalue weighted by molar-refractivity contribution is 0.319. The minimum atomic E-state index is -0.333. The molecule has 78 valence electrons. The highest BCUT2D eigenvalue weighted by Crippen LogP contribution is 2.32. The Morgan fingerprint density at radius 2 is 1.93 bits per heavy atom. The van der Waals surface area contributed by atoms with E-state index in [2.05, 4.69) is 0 Å². The van der Waals surface area contributed by atoms with Crippen molar-refractivity contribution >= 4 is 11.6 Å². The van der Waals surface area contributed by atoms with Gasteiger partial charge in [0.05, 0.1) is 0 Å². The molecule has 0 aromatic heterocycles. The van der Waals surface area contributed by atoms with E-state index >= 15 is 0 Å². The lowest BCUT2D eigenvalue weighted by Crippen LogP contribution is -2.27. The molecule has 1 aromatic rings. The van der Waals surface area contributed by atoms with Crippen molar-refractivity contribution in [3.63, 3.8) is 0 Å². The van der Waals surface area contributed by atoms with Crippen molar-refractivity contribution in [1.82, 2.24) is 0 Å². The highest BCUT2D eigenvalue weighted by molar-refractivity contribution is 6.30. The Morgan fingerprint density at radius 1 is 1.36 bits per heavy atom. The molecule has 0 bridgehead atoms. The Bertz CT molecular complexity index is 331. The molecule has 0 amide bonds. The lowest BCUT2D eigenvalue weighted by atomic mass is 9.83. The summed E-state index contributed by atoms with van der Waals surface area (Å²) in [7, 11) is 0. The summed E-state index contributed by atoms with van der Waals surface area (Å²) < 4.78 is 13.5. The molecule has 0 aliphatic carbocycles. The molecule has 0 heterocycles. The molecule has 0 spiro atoms. The molecule has 0 radical (unpaired) electrons. The van der Waals surface area contributed by atoms with Crippen molar-refractivity contribution in [2.45, 2.75) is 26.8 Å². The van der Waals surface area contributed by atoms with E-state index in [1.54, 1.807) is 12.1 Å².